The first-order valence-electron chi connectivity index (χ1n) is 18.0. The van der Waals surface area contributed by atoms with E-state index in [0.29, 0.717) is 50.9 Å². The number of carbonyl (C=O) groups excluding carboxylic acids is 1. The van der Waals surface area contributed by atoms with E-state index < -0.39 is 22.1 Å². The largest absolute Gasteiger partial charge is 0.494 e. The second kappa shape index (κ2) is 15.9. The van der Waals surface area contributed by atoms with Crippen LogP contribution in [-0.2, 0) is 18.9 Å². The zero-order chi connectivity index (χ0) is 35.3. The summed E-state index contributed by atoms with van der Waals surface area (Å²) in [6.45, 7) is 23.2. The minimum absolute atomic E-state index is 0.252. The summed E-state index contributed by atoms with van der Waals surface area (Å²) in [6, 6.07) is 5.69. The Morgan fingerprint density at radius 1 is 0.959 bits per heavy atom. The third kappa shape index (κ3) is 9.39. The number of hydrogen-bond acceptors (Lipinski definition) is 9. The molecule has 49 heavy (non-hydrogen) atoms. The Balaban J connectivity index is 1.66. The standard InChI is InChI=1S/C37H57N5O5Si2/c1-10-47-26(2)33-34(30-20-27-11-12-28(19-27)21-30)40-35-31(29-13-14-32(38-22-29)37(43)44-3)23-39-42(35)36(33)41(24-45-15-17-48(4,5)6)25-46-16-18-49(7,8)9/h13-14,22-23,27-28,30H,2,10-12,15-21,24-25H2,1,3-9H3/t27-,28+,30?. The number of aromatic nitrogens is 4. The molecule has 12 heteroatoms. The Kier molecular flexibility index (Phi) is 12.0. The van der Waals surface area contributed by atoms with Crippen LogP contribution in [-0.4, -0.2) is 82.1 Å². The first-order valence-corrected chi connectivity index (χ1v) is 25.4. The first kappa shape index (κ1) is 37.2. The molecule has 3 aromatic rings. The van der Waals surface area contributed by atoms with E-state index in [9.17, 15) is 4.79 Å². The molecule has 0 N–H and O–H groups in total. The molecule has 0 radical (unpaired) electrons. The predicted molar refractivity (Wildman–Crippen MR) is 201 cm³/mol. The van der Waals surface area contributed by atoms with E-state index >= 15 is 0 Å². The molecular weight excluding hydrogens is 651 g/mol. The summed E-state index contributed by atoms with van der Waals surface area (Å²) in [7, 11) is -1.24. The fourth-order valence-corrected chi connectivity index (χ4v) is 8.59. The van der Waals surface area contributed by atoms with Crippen molar-refractivity contribution in [2.24, 2.45) is 11.8 Å². The molecule has 268 valence electrons. The minimum Gasteiger partial charge on any atom is -0.494 e. The maximum Gasteiger partial charge on any atom is 0.356 e. The van der Waals surface area contributed by atoms with Crippen molar-refractivity contribution in [2.45, 2.75) is 96.3 Å². The summed E-state index contributed by atoms with van der Waals surface area (Å²) in [5.41, 5.74) is 4.51. The van der Waals surface area contributed by atoms with Gasteiger partial charge in [0, 0.05) is 52.6 Å². The molecule has 1 unspecified atom stereocenters. The third-order valence-electron chi connectivity index (χ3n) is 9.78. The Morgan fingerprint density at radius 2 is 1.59 bits per heavy atom. The van der Waals surface area contributed by atoms with Crippen molar-refractivity contribution in [3.8, 4) is 11.1 Å². The summed E-state index contributed by atoms with van der Waals surface area (Å²) in [4.78, 5) is 24.1. The summed E-state index contributed by atoms with van der Waals surface area (Å²) in [5, 5.41) is 4.96. The van der Waals surface area contributed by atoms with Crippen molar-refractivity contribution in [1.82, 2.24) is 19.6 Å². The highest BCUT2D eigenvalue weighted by Gasteiger charge is 2.38. The predicted octanol–water partition coefficient (Wildman–Crippen LogP) is 8.31. The molecule has 2 aliphatic rings. The van der Waals surface area contributed by atoms with E-state index in [1.165, 1.54) is 26.4 Å². The van der Waals surface area contributed by atoms with Crippen LogP contribution in [0.2, 0.25) is 51.4 Å². The van der Waals surface area contributed by atoms with Gasteiger partial charge in [0.05, 0.1) is 31.2 Å². The van der Waals surface area contributed by atoms with Crippen LogP contribution >= 0.6 is 0 Å². The van der Waals surface area contributed by atoms with Gasteiger partial charge in [-0.1, -0.05) is 64.8 Å². The summed E-state index contributed by atoms with van der Waals surface area (Å²) in [5.74, 6) is 2.64. The number of ether oxygens (including phenoxy) is 4. The molecular formula is C37H57N5O5Si2. The fraction of sp³-hybridized carbons (Fsp3) is 0.622. The molecule has 10 nitrogen and oxygen atoms in total. The van der Waals surface area contributed by atoms with Crippen LogP contribution in [0.1, 0.15) is 66.7 Å². The maximum atomic E-state index is 12.1. The van der Waals surface area contributed by atoms with Crippen LogP contribution in [0.3, 0.4) is 0 Å². The van der Waals surface area contributed by atoms with Crippen LogP contribution in [0, 0.1) is 11.8 Å². The fourth-order valence-electron chi connectivity index (χ4n) is 7.08. The molecule has 0 amide bonds. The molecule has 2 bridgehead atoms. The van der Waals surface area contributed by atoms with Gasteiger partial charge in [-0.3, -0.25) is 0 Å². The Morgan fingerprint density at radius 3 is 2.12 bits per heavy atom. The number of fused-ring (bicyclic) bond motifs is 3. The lowest BCUT2D eigenvalue weighted by molar-refractivity contribution is 0.0594. The van der Waals surface area contributed by atoms with Crippen LogP contribution < -0.4 is 4.90 Å². The van der Waals surface area contributed by atoms with E-state index in [-0.39, 0.29) is 11.6 Å². The molecule has 0 saturated heterocycles. The van der Waals surface area contributed by atoms with E-state index in [1.807, 2.05) is 23.7 Å². The highest BCUT2D eigenvalue weighted by Crippen LogP contribution is 2.50. The summed E-state index contributed by atoms with van der Waals surface area (Å²) in [6.07, 6.45) is 9.61. The molecule has 5 rings (SSSR count). The van der Waals surface area contributed by atoms with E-state index in [4.69, 9.17) is 29.0 Å². The average Bonchev–Trinajstić information content (AvgIpc) is 3.63. The van der Waals surface area contributed by atoms with E-state index in [0.717, 1.165) is 58.8 Å². The first-order chi connectivity index (χ1) is 23.3. The van der Waals surface area contributed by atoms with Crippen molar-refractivity contribution >= 4 is 39.3 Å². The minimum atomic E-state index is -1.30. The molecule has 3 aromatic heterocycles. The van der Waals surface area contributed by atoms with Gasteiger partial charge in [-0.2, -0.15) is 9.61 Å². The van der Waals surface area contributed by atoms with Gasteiger partial charge in [0.25, 0.3) is 0 Å². The summed E-state index contributed by atoms with van der Waals surface area (Å²) < 4.78 is 25.9. The van der Waals surface area contributed by atoms with Gasteiger partial charge in [0.2, 0.25) is 0 Å². The molecule has 2 saturated carbocycles. The molecule has 0 aromatic carbocycles. The van der Waals surface area contributed by atoms with Crippen LogP contribution in [0.15, 0.2) is 31.1 Å². The van der Waals surface area contributed by atoms with Crippen molar-refractivity contribution in [2.75, 3.05) is 45.3 Å². The molecule has 0 aliphatic heterocycles. The van der Waals surface area contributed by atoms with Gasteiger partial charge < -0.3 is 23.8 Å². The SMILES string of the molecule is C=C(OCC)c1c(C2C[C@H]3CC[C@@H](C2)C3)nc2c(-c3ccc(C(=O)OC)nc3)cnn2c1N(COCC[Si](C)(C)C)COCC[Si](C)(C)C. The van der Waals surface area contributed by atoms with Gasteiger partial charge in [-0.15, -0.1) is 0 Å². The molecule has 2 aliphatic carbocycles. The Bertz CT molecular complexity index is 1560. The van der Waals surface area contributed by atoms with Crippen LogP contribution in [0.5, 0.6) is 0 Å². The second-order valence-electron chi connectivity index (χ2n) is 16.2. The number of pyridine rings is 1. The highest BCUT2D eigenvalue weighted by atomic mass is 28.3. The van der Waals surface area contributed by atoms with Crippen molar-refractivity contribution in [3.05, 3.63) is 48.1 Å². The maximum absolute atomic E-state index is 12.1. The monoisotopic (exact) mass is 707 g/mol. The van der Waals surface area contributed by atoms with Crippen LogP contribution in [0.4, 0.5) is 5.82 Å². The van der Waals surface area contributed by atoms with Crippen molar-refractivity contribution in [1.29, 1.82) is 0 Å². The molecule has 0 spiro atoms. The quantitative estimate of drug-likeness (QED) is 0.0451. The average molecular weight is 708 g/mol. The number of carbonyl (C=O) groups is 1. The molecule has 3 atom stereocenters. The lowest BCUT2D eigenvalue weighted by atomic mass is 9.78. The van der Waals surface area contributed by atoms with Crippen LogP contribution in [0.25, 0.3) is 22.5 Å². The van der Waals surface area contributed by atoms with Gasteiger partial charge in [-0.05, 0) is 56.2 Å². The lowest BCUT2D eigenvalue weighted by Crippen LogP contribution is -2.34. The van der Waals surface area contributed by atoms with Gasteiger partial charge in [0.1, 0.15) is 30.7 Å². The summed E-state index contributed by atoms with van der Waals surface area (Å²) >= 11 is 0. The van der Waals surface area contributed by atoms with Gasteiger partial charge in [-0.25, -0.2) is 14.8 Å². The second-order valence-corrected chi connectivity index (χ2v) is 27.5. The number of hydrogen-bond donors (Lipinski definition) is 0. The number of esters is 1. The zero-order valence-electron chi connectivity index (χ0n) is 31.0. The van der Waals surface area contributed by atoms with Crippen molar-refractivity contribution in [3.63, 3.8) is 0 Å². The van der Waals surface area contributed by atoms with Gasteiger partial charge >= 0.3 is 5.97 Å². The third-order valence-corrected chi connectivity index (χ3v) is 13.2. The van der Waals surface area contributed by atoms with E-state index in [1.54, 1.807) is 12.3 Å². The number of nitrogens with zero attached hydrogens (tertiary/aromatic N) is 5. The van der Waals surface area contributed by atoms with Crippen molar-refractivity contribution < 1.29 is 23.7 Å². The van der Waals surface area contributed by atoms with Gasteiger partial charge in [0.15, 0.2) is 5.65 Å². The smallest absolute Gasteiger partial charge is 0.356 e. The topological polar surface area (TPSA) is 100 Å². The molecule has 3 heterocycles. The lowest BCUT2D eigenvalue weighted by Gasteiger charge is -2.33. The Hall–Kier alpha value is -3.07. The number of rotatable bonds is 17. The number of anilines is 1. The molecule has 2 fully saturated rings. The zero-order valence-corrected chi connectivity index (χ0v) is 33.0. The Labute approximate surface area is 294 Å². The van der Waals surface area contributed by atoms with E-state index in [2.05, 4.69) is 55.7 Å². The number of methoxy groups -OCH3 is 1. The highest BCUT2D eigenvalue weighted by molar-refractivity contribution is 6.76. The normalized spacial score (nSPS) is 19.3.